The monoisotopic (exact) mass is 184 g/mol. The summed E-state index contributed by atoms with van der Waals surface area (Å²) in [7, 11) is 0. The molecule has 0 aliphatic rings. The molecule has 0 aliphatic heterocycles. The normalized spacial score (nSPS) is 12.6. The van der Waals surface area contributed by atoms with Gasteiger partial charge >= 0.3 is 0 Å². The summed E-state index contributed by atoms with van der Waals surface area (Å²) in [4.78, 5) is 0. The first kappa shape index (κ1) is 9.86. The molecular formula is C10H10F2O. The second kappa shape index (κ2) is 3.66. The summed E-state index contributed by atoms with van der Waals surface area (Å²) in [6.07, 6.45) is 0.106. The number of aliphatic hydroxyl groups is 1. The Kier molecular flexibility index (Phi) is 2.78. The lowest BCUT2D eigenvalue weighted by molar-refractivity contribution is 0.223. The van der Waals surface area contributed by atoms with Gasteiger partial charge in [0.1, 0.15) is 11.6 Å². The standard InChI is InChI=1S/C10H10F2O/c1-3-10(13)7-4-6(2)8(11)5-9(7)12/h3-5,10,13H,1H2,2H3. The van der Waals surface area contributed by atoms with E-state index in [2.05, 4.69) is 6.58 Å². The zero-order valence-corrected chi connectivity index (χ0v) is 7.22. The fourth-order valence-corrected chi connectivity index (χ4v) is 1.03. The largest absolute Gasteiger partial charge is 0.384 e. The first-order valence-electron chi connectivity index (χ1n) is 3.82. The van der Waals surface area contributed by atoms with Crippen LogP contribution in [0.2, 0.25) is 0 Å². The quantitative estimate of drug-likeness (QED) is 0.700. The van der Waals surface area contributed by atoms with Crippen LogP contribution in [0.25, 0.3) is 0 Å². The minimum Gasteiger partial charge on any atom is -0.384 e. The molecule has 0 aromatic heterocycles. The lowest BCUT2D eigenvalue weighted by atomic mass is 10.1. The molecule has 0 amide bonds. The average molecular weight is 184 g/mol. The highest BCUT2D eigenvalue weighted by Crippen LogP contribution is 2.21. The third kappa shape index (κ3) is 1.92. The SMILES string of the molecule is C=CC(O)c1cc(C)c(F)cc1F. The summed E-state index contributed by atoms with van der Waals surface area (Å²) in [5.41, 5.74) is 0.353. The number of halogens is 2. The van der Waals surface area contributed by atoms with Crippen LogP contribution in [0.15, 0.2) is 24.8 Å². The van der Waals surface area contributed by atoms with Gasteiger partial charge in [0.05, 0.1) is 6.10 Å². The van der Waals surface area contributed by atoms with Gasteiger partial charge in [0, 0.05) is 11.6 Å². The van der Waals surface area contributed by atoms with Crippen LogP contribution in [0.1, 0.15) is 17.2 Å². The molecule has 0 saturated heterocycles. The minimum absolute atomic E-state index is 0.0499. The Balaban J connectivity index is 3.22. The van der Waals surface area contributed by atoms with Gasteiger partial charge in [-0.1, -0.05) is 6.08 Å². The van der Waals surface area contributed by atoms with Crippen LogP contribution < -0.4 is 0 Å². The third-order valence-electron chi connectivity index (χ3n) is 1.82. The molecule has 0 fully saturated rings. The zero-order chi connectivity index (χ0) is 10.0. The van der Waals surface area contributed by atoms with E-state index in [-0.39, 0.29) is 5.56 Å². The van der Waals surface area contributed by atoms with Gasteiger partial charge in [0.2, 0.25) is 0 Å². The average Bonchev–Trinajstić information content (AvgIpc) is 2.10. The molecule has 0 spiro atoms. The van der Waals surface area contributed by atoms with Crippen molar-refractivity contribution in [3.05, 3.63) is 47.5 Å². The molecule has 70 valence electrons. The van der Waals surface area contributed by atoms with Crippen LogP contribution in [0.4, 0.5) is 8.78 Å². The number of aryl methyl sites for hydroxylation is 1. The maximum absolute atomic E-state index is 13.0. The van der Waals surface area contributed by atoms with Crippen molar-refractivity contribution in [3.63, 3.8) is 0 Å². The van der Waals surface area contributed by atoms with Crippen LogP contribution in [0, 0.1) is 18.6 Å². The second-order valence-electron chi connectivity index (χ2n) is 2.80. The van der Waals surface area contributed by atoms with E-state index in [0.29, 0.717) is 5.56 Å². The van der Waals surface area contributed by atoms with Crippen molar-refractivity contribution >= 4 is 0 Å². The molecule has 0 heterocycles. The van der Waals surface area contributed by atoms with Crippen molar-refractivity contribution < 1.29 is 13.9 Å². The van der Waals surface area contributed by atoms with Gasteiger partial charge in [-0.3, -0.25) is 0 Å². The molecule has 0 saturated carbocycles. The summed E-state index contributed by atoms with van der Waals surface area (Å²) in [6, 6.07) is 2.04. The molecule has 13 heavy (non-hydrogen) atoms. The van der Waals surface area contributed by atoms with Crippen molar-refractivity contribution in [3.8, 4) is 0 Å². The molecule has 1 atom stereocenters. The lowest BCUT2D eigenvalue weighted by Gasteiger charge is -2.08. The molecule has 0 radical (unpaired) electrons. The van der Waals surface area contributed by atoms with Crippen LogP contribution in [0.5, 0.6) is 0 Å². The predicted octanol–water partition coefficient (Wildman–Crippen LogP) is 2.49. The Morgan fingerprint density at radius 1 is 1.38 bits per heavy atom. The predicted molar refractivity (Wildman–Crippen MR) is 46.3 cm³/mol. The van der Waals surface area contributed by atoms with E-state index < -0.39 is 17.7 Å². The van der Waals surface area contributed by atoms with E-state index in [0.717, 1.165) is 6.07 Å². The highest BCUT2D eigenvalue weighted by Gasteiger charge is 2.11. The van der Waals surface area contributed by atoms with Gasteiger partial charge in [0.15, 0.2) is 0 Å². The van der Waals surface area contributed by atoms with Crippen LogP contribution in [-0.2, 0) is 0 Å². The molecular weight excluding hydrogens is 174 g/mol. The smallest absolute Gasteiger partial charge is 0.132 e. The lowest BCUT2D eigenvalue weighted by Crippen LogP contribution is -1.99. The van der Waals surface area contributed by atoms with E-state index in [1.807, 2.05) is 0 Å². The van der Waals surface area contributed by atoms with Gasteiger partial charge < -0.3 is 5.11 Å². The van der Waals surface area contributed by atoms with Crippen molar-refractivity contribution in [1.82, 2.24) is 0 Å². The van der Waals surface area contributed by atoms with Gasteiger partial charge in [-0.05, 0) is 18.6 Å². The summed E-state index contributed by atoms with van der Waals surface area (Å²) in [6.45, 7) is 4.83. The molecule has 0 bridgehead atoms. The van der Waals surface area contributed by atoms with Crippen LogP contribution >= 0.6 is 0 Å². The van der Waals surface area contributed by atoms with E-state index in [1.165, 1.54) is 19.1 Å². The van der Waals surface area contributed by atoms with E-state index in [1.54, 1.807) is 0 Å². The zero-order valence-electron chi connectivity index (χ0n) is 7.22. The molecule has 1 aromatic carbocycles. The fourth-order valence-electron chi connectivity index (χ4n) is 1.03. The second-order valence-corrected chi connectivity index (χ2v) is 2.80. The van der Waals surface area contributed by atoms with Crippen molar-refractivity contribution in [1.29, 1.82) is 0 Å². The van der Waals surface area contributed by atoms with E-state index >= 15 is 0 Å². The number of hydrogen-bond donors (Lipinski definition) is 1. The van der Waals surface area contributed by atoms with Gasteiger partial charge in [-0.15, -0.1) is 6.58 Å². The summed E-state index contributed by atoms with van der Waals surface area (Å²) >= 11 is 0. The summed E-state index contributed by atoms with van der Waals surface area (Å²) in [5, 5.41) is 9.24. The molecule has 1 unspecified atom stereocenters. The Bertz CT molecular complexity index is 334. The fraction of sp³-hybridized carbons (Fsp3) is 0.200. The van der Waals surface area contributed by atoms with Crippen LogP contribution in [0.3, 0.4) is 0 Å². The topological polar surface area (TPSA) is 20.2 Å². The number of benzene rings is 1. The third-order valence-corrected chi connectivity index (χ3v) is 1.82. The first-order valence-corrected chi connectivity index (χ1v) is 3.82. The summed E-state index contributed by atoms with van der Waals surface area (Å²) < 4.78 is 25.8. The molecule has 1 aromatic rings. The molecule has 0 aliphatic carbocycles. The number of hydrogen-bond acceptors (Lipinski definition) is 1. The highest BCUT2D eigenvalue weighted by molar-refractivity contribution is 5.28. The van der Waals surface area contributed by atoms with E-state index in [9.17, 15) is 13.9 Å². The molecule has 1 N–H and O–H groups in total. The number of aliphatic hydroxyl groups excluding tert-OH is 1. The van der Waals surface area contributed by atoms with Crippen molar-refractivity contribution in [2.45, 2.75) is 13.0 Å². The summed E-state index contributed by atoms with van der Waals surface area (Å²) in [5.74, 6) is -1.37. The molecule has 1 rings (SSSR count). The van der Waals surface area contributed by atoms with Gasteiger partial charge in [-0.25, -0.2) is 8.78 Å². The molecule has 3 heteroatoms. The van der Waals surface area contributed by atoms with Gasteiger partial charge in [0.25, 0.3) is 0 Å². The Morgan fingerprint density at radius 3 is 2.54 bits per heavy atom. The molecule has 1 nitrogen and oxygen atoms in total. The number of rotatable bonds is 2. The van der Waals surface area contributed by atoms with E-state index in [4.69, 9.17) is 0 Å². The maximum atomic E-state index is 13.0. The Morgan fingerprint density at radius 2 is 2.00 bits per heavy atom. The maximum Gasteiger partial charge on any atom is 0.132 e. The van der Waals surface area contributed by atoms with Crippen molar-refractivity contribution in [2.24, 2.45) is 0 Å². The highest BCUT2D eigenvalue weighted by atomic mass is 19.1. The Hall–Kier alpha value is -1.22. The van der Waals surface area contributed by atoms with Gasteiger partial charge in [-0.2, -0.15) is 0 Å². The minimum atomic E-state index is -1.08. The van der Waals surface area contributed by atoms with Crippen LogP contribution in [-0.4, -0.2) is 5.11 Å². The van der Waals surface area contributed by atoms with Crippen molar-refractivity contribution in [2.75, 3.05) is 0 Å². The first-order chi connectivity index (χ1) is 6.06. The Labute approximate surface area is 75.3 Å².